The lowest BCUT2D eigenvalue weighted by Crippen LogP contribution is -2.15. The van der Waals surface area contributed by atoms with E-state index >= 15 is 0 Å². The minimum absolute atomic E-state index is 0.122. The van der Waals surface area contributed by atoms with Crippen LogP contribution in [-0.2, 0) is 13.0 Å². The van der Waals surface area contributed by atoms with Gasteiger partial charge in [0.05, 0.1) is 12.2 Å². The molecule has 2 N–H and O–H groups in total. The van der Waals surface area contributed by atoms with Crippen molar-refractivity contribution in [2.45, 2.75) is 40.2 Å². The second kappa shape index (κ2) is 6.24. The SMILES string of the molecule is CCCc1cc(=O)n2[nH]c(CNc3ccc(C)c(C)c3)nc2n1. The first kappa shape index (κ1) is 15.3. The third kappa shape index (κ3) is 3.26. The molecule has 0 unspecified atom stereocenters. The van der Waals surface area contributed by atoms with Crippen LogP contribution in [0.1, 0.15) is 36.0 Å². The standard InChI is InChI=1S/C17H21N5O/c1-4-5-14-9-16(23)22-17(19-14)20-15(21-22)10-18-13-7-6-11(2)12(3)8-13/h6-9,18H,4-5,10H2,1-3H3,(H,19,20,21). The molecule has 3 rings (SSSR count). The number of aromatic nitrogens is 4. The lowest BCUT2D eigenvalue weighted by Gasteiger charge is -2.06. The highest BCUT2D eigenvalue weighted by Crippen LogP contribution is 2.14. The van der Waals surface area contributed by atoms with E-state index in [1.165, 1.54) is 15.6 Å². The highest BCUT2D eigenvalue weighted by molar-refractivity contribution is 5.48. The first-order valence-electron chi connectivity index (χ1n) is 7.85. The van der Waals surface area contributed by atoms with E-state index in [0.717, 1.165) is 24.2 Å². The largest absolute Gasteiger partial charge is 0.378 e. The summed E-state index contributed by atoms with van der Waals surface area (Å²) in [4.78, 5) is 20.9. The van der Waals surface area contributed by atoms with Gasteiger partial charge >= 0.3 is 0 Å². The van der Waals surface area contributed by atoms with E-state index in [2.05, 4.69) is 53.3 Å². The van der Waals surface area contributed by atoms with E-state index in [0.29, 0.717) is 18.1 Å². The van der Waals surface area contributed by atoms with Gasteiger partial charge in [-0.1, -0.05) is 19.4 Å². The van der Waals surface area contributed by atoms with Crippen molar-refractivity contribution in [3.8, 4) is 0 Å². The van der Waals surface area contributed by atoms with Crippen molar-refractivity contribution < 1.29 is 0 Å². The predicted octanol–water partition coefficient (Wildman–Crippen LogP) is 2.60. The highest BCUT2D eigenvalue weighted by atomic mass is 16.1. The topological polar surface area (TPSA) is 75.1 Å². The van der Waals surface area contributed by atoms with Crippen LogP contribution in [0.3, 0.4) is 0 Å². The summed E-state index contributed by atoms with van der Waals surface area (Å²) in [6, 6.07) is 7.78. The summed E-state index contributed by atoms with van der Waals surface area (Å²) in [5.74, 6) is 1.11. The molecule has 3 aromatic rings. The number of anilines is 1. The number of rotatable bonds is 5. The Balaban J connectivity index is 1.81. The molecule has 0 amide bonds. The number of fused-ring (bicyclic) bond motifs is 1. The Morgan fingerprint density at radius 3 is 2.74 bits per heavy atom. The molecule has 6 nitrogen and oxygen atoms in total. The predicted molar refractivity (Wildman–Crippen MR) is 90.8 cm³/mol. The van der Waals surface area contributed by atoms with Crippen molar-refractivity contribution in [2.24, 2.45) is 0 Å². The molecule has 1 aromatic carbocycles. The zero-order valence-corrected chi connectivity index (χ0v) is 13.7. The molecule has 0 spiro atoms. The van der Waals surface area contributed by atoms with E-state index in [9.17, 15) is 4.79 Å². The van der Waals surface area contributed by atoms with E-state index < -0.39 is 0 Å². The monoisotopic (exact) mass is 311 g/mol. The van der Waals surface area contributed by atoms with Crippen LogP contribution in [0.4, 0.5) is 5.69 Å². The number of nitrogens with zero attached hydrogens (tertiary/aromatic N) is 3. The molecule has 6 heteroatoms. The lowest BCUT2D eigenvalue weighted by atomic mass is 10.1. The number of hydrogen-bond donors (Lipinski definition) is 2. The van der Waals surface area contributed by atoms with Crippen molar-refractivity contribution >= 4 is 11.5 Å². The van der Waals surface area contributed by atoms with E-state index in [1.807, 2.05) is 6.07 Å². The molecule has 0 saturated carbocycles. The summed E-state index contributed by atoms with van der Waals surface area (Å²) < 4.78 is 1.39. The molecule has 0 fully saturated rings. The summed E-state index contributed by atoms with van der Waals surface area (Å²) in [6.45, 7) is 6.74. The van der Waals surface area contributed by atoms with E-state index in [4.69, 9.17) is 0 Å². The number of aryl methyl sites for hydroxylation is 3. The minimum Gasteiger partial charge on any atom is -0.378 e. The molecule has 2 heterocycles. The normalized spacial score (nSPS) is 11.1. The van der Waals surface area contributed by atoms with Gasteiger partial charge in [0, 0.05) is 11.8 Å². The zero-order valence-electron chi connectivity index (χ0n) is 13.7. The maximum Gasteiger partial charge on any atom is 0.274 e. The average Bonchev–Trinajstić information content (AvgIpc) is 2.92. The first-order chi connectivity index (χ1) is 11.1. The molecule has 0 radical (unpaired) electrons. The highest BCUT2D eigenvalue weighted by Gasteiger charge is 2.08. The van der Waals surface area contributed by atoms with Gasteiger partial charge < -0.3 is 5.32 Å². The number of aromatic amines is 1. The molecule has 23 heavy (non-hydrogen) atoms. The molecule has 120 valence electrons. The molecule has 0 aliphatic carbocycles. The Hall–Kier alpha value is -2.63. The lowest BCUT2D eigenvalue weighted by molar-refractivity contribution is 0.825. The summed E-state index contributed by atoms with van der Waals surface area (Å²) in [5, 5.41) is 6.31. The Morgan fingerprint density at radius 2 is 2.00 bits per heavy atom. The summed E-state index contributed by atoms with van der Waals surface area (Å²) in [7, 11) is 0. The Bertz CT molecular complexity index is 894. The minimum atomic E-state index is -0.122. The molecule has 0 aliphatic heterocycles. The van der Waals surface area contributed by atoms with Gasteiger partial charge in [0.1, 0.15) is 5.82 Å². The zero-order chi connectivity index (χ0) is 16.4. The molecule has 0 bridgehead atoms. The molecule has 0 aliphatic rings. The quantitative estimate of drug-likeness (QED) is 0.759. The van der Waals surface area contributed by atoms with Crippen molar-refractivity contribution in [2.75, 3.05) is 5.32 Å². The fourth-order valence-corrected chi connectivity index (χ4v) is 2.47. The molecular formula is C17H21N5O. The fourth-order valence-electron chi connectivity index (χ4n) is 2.47. The molecule has 2 aromatic heterocycles. The van der Waals surface area contributed by atoms with Crippen LogP contribution in [0.2, 0.25) is 0 Å². The van der Waals surface area contributed by atoms with Crippen LogP contribution in [0, 0.1) is 13.8 Å². The second-order valence-corrected chi connectivity index (χ2v) is 5.79. The fraction of sp³-hybridized carbons (Fsp3) is 0.353. The van der Waals surface area contributed by atoms with Gasteiger partial charge in [-0.3, -0.25) is 9.89 Å². The Labute approximate surface area is 134 Å². The van der Waals surface area contributed by atoms with Gasteiger partial charge in [0.15, 0.2) is 0 Å². The Morgan fingerprint density at radius 1 is 1.17 bits per heavy atom. The first-order valence-corrected chi connectivity index (χ1v) is 7.85. The van der Waals surface area contributed by atoms with Crippen LogP contribution < -0.4 is 10.9 Å². The van der Waals surface area contributed by atoms with Crippen LogP contribution in [0.15, 0.2) is 29.1 Å². The van der Waals surface area contributed by atoms with Crippen LogP contribution in [0.5, 0.6) is 0 Å². The summed E-state index contributed by atoms with van der Waals surface area (Å²) in [6.07, 6.45) is 1.74. The van der Waals surface area contributed by atoms with Gasteiger partial charge in [-0.2, -0.15) is 9.50 Å². The van der Waals surface area contributed by atoms with E-state index in [-0.39, 0.29) is 5.56 Å². The third-order valence-electron chi connectivity index (χ3n) is 3.90. The van der Waals surface area contributed by atoms with E-state index in [1.54, 1.807) is 6.07 Å². The van der Waals surface area contributed by atoms with Crippen LogP contribution >= 0.6 is 0 Å². The summed E-state index contributed by atoms with van der Waals surface area (Å²) in [5.41, 5.74) is 4.20. The summed E-state index contributed by atoms with van der Waals surface area (Å²) >= 11 is 0. The van der Waals surface area contributed by atoms with Gasteiger partial charge in [0.25, 0.3) is 11.3 Å². The van der Waals surface area contributed by atoms with Crippen molar-refractivity contribution in [1.29, 1.82) is 0 Å². The third-order valence-corrected chi connectivity index (χ3v) is 3.90. The molecule has 0 saturated heterocycles. The van der Waals surface area contributed by atoms with Crippen LogP contribution in [-0.4, -0.2) is 19.6 Å². The number of H-pyrrole nitrogens is 1. The Kier molecular flexibility index (Phi) is 4.14. The number of hydrogen-bond acceptors (Lipinski definition) is 4. The van der Waals surface area contributed by atoms with Gasteiger partial charge in [-0.15, -0.1) is 0 Å². The number of benzene rings is 1. The van der Waals surface area contributed by atoms with Gasteiger partial charge in [-0.05, 0) is 43.5 Å². The molecule has 0 atom stereocenters. The van der Waals surface area contributed by atoms with Gasteiger partial charge in [0.2, 0.25) is 0 Å². The average molecular weight is 311 g/mol. The second-order valence-electron chi connectivity index (χ2n) is 5.79. The number of nitrogens with one attached hydrogen (secondary N) is 2. The maximum atomic E-state index is 12.1. The van der Waals surface area contributed by atoms with Gasteiger partial charge in [-0.25, -0.2) is 4.98 Å². The van der Waals surface area contributed by atoms with Crippen LogP contribution in [0.25, 0.3) is 5.78 Å². The molecular weight excluding hydrogens is 290 g/mol. The maximum absolute atomic E-state index is 12.1. The van der Waals surface area contributed by atoms with Crippen molar-refractivity contribution in [1.82, 2.24) is 19.6 Å². The van der Waals surface area contributed by atoms with Crippen molar-refractivity contribution in [3.05, 3.63) is 57.3 Å². The smallest absolute Gasteiger partial charge is 0.274 e. The van der Waals surface area contributed by atoms with Crippen molar-refractivity contribution in [3.63, 3.8) is 0 Å².